The summed E-state index contributed by atoms with van der Waals surface area (Å²) in [5.74, 6) is 8.56. The van der Waals surface area contributed by atoms with Crippen LogP contribution in [-0.4, -0.2) is 67.8 Å². The fourth-order valence-corrected chi connectivity index (χ4v) is 8.76. The molecule has 5 aromatic rings. The van der Waals surface area contributed by atoms with Crippen LogP contribution in [0.4, 0.5) is 4.79 Å². The second-order valence-corrected chi connectivity index (χ2v) is 17.2. The number of benzene rings is 3. The predicted octanol–water partition coefficient (Wildman–Crippen LogP) is 7.85. The molecular weight excluding hydrogens is 715 g/mol. The number of ether oxygens (including phenoxy) is 1. The maximum absolute atomic E-state index is 14.2. The van der Waals surface area contributed by atoms with Crippen LogP contribution in [0.25, 0.3) is 22.3 Å². The number of aromatic nitrogens is 4. The summed E-state index contributed by atoms with van der Waals surface area (Å²) < 4.78 is 4.88. The molecule has 3 N–H and O–H groups in total. The van der Waals surface area contributed by atoms with Crippen LogP contribution in [0.5, 0.6) is 0 Å². The minimum Gasteiger partial charge on any atom is -0.453 e. The highest BCUT2D eigenvalue weighted by Gasteiger charge is 2.56. The number of carbonyl (C=O) groups is 3. The van der Waals surface area contributed by atoms with Gasteiger partial charge in [0.25, 0.3) is 5.91 Å². The minimum absolute atomic E-state index is 0.0218. The molecule has 4 fully saturated rings. The van der Waals surface area contributed by atoms with Crippen molar-refractivity contribution >= 4 is 28.9 Å². The maximum Gasteiger partial charge on any atom is 0.407 e. The summed E-state index contributed by atoms with van der Waals surface area (Å²) in [4.78, 5) is 60.8. The van der Waals surface area contributed by atoms with Crippen LogP contribution in [0, 0.1) is 34.5 Å². The molecule has 2 saturated heterocycles. The molecule has 11 heteroatoms. The zero-order valence-corrected chi connectivity index (χ0v) is 33.0. The van der Waals surface area contributed by atoms with E-state index in [0.717, 1.165) is 77.3 Å². The first kappa shape index (κ1) is 36.7. The number of fused-ring (bicyclic) bond motifs is 1. The Bertz CT molecular complexity index is 2400. The molecule has 4 heterocycles. The standard InChI is InChI=1S/C46H49N7O4/c1-28(2)29(3)42(54)52-26-46(20-21-46)24-38(52)41-48-34-17-14-31(22-35(34)49-41)11-10-30-12-15-32(16-13-30)36-25-47-40(50-36)37-23-45(18-19-45)27-53(37)43(55)39(51-44(56)57-4)33-8-6-5-7-9-33/h5-9,12-17,22,25,28-29,37-39H,18-21,23-24,26-27H2,1-4H3,(H,47,50)(H,48,49)(H,51,56)/t29-,37-,38-,39+/m0/s1. The van der Waals surface area contributed by atoms with E-state index in [-0.39, 0.29) is 40.6 Å². The quantitative estimate of drug-likeness (QED) is 0.138. The Hall–Kier alpha value is -5.89. The van der Waals surface area contributed by atoms with E-state index in [1.165, 1.54) is 20.0 Å². The zero-order chi connectivity index (χ0) is 39.5. The number of methoxy groups -OCH3 is 1. The lowest BCUT2D eigenvalue weighted by Crippen LogP contribution is -2.43. The molecule has 292 valence electrons. The van der Waals surface area contributed by atoms with E-state index >= 15 is 0 Å². The van der Waals surface area contributed by atoms with Gasteiger partial charge < -0.3 is 29.8 Å². The van der Waals surface area contributed by atoms with Crippen LogP contribution < -0.4 is 5.32 Å². The molecule has 3 aromatic carbocycles. The van der Waals surface area contributed by atoms with E-state index in [1.54, 1.807) is 0 Å². The number of aromatic amines is 2. The first-order chi connectivity index (χ1) is 27.5. The van der Waals surface area contributed by atoms with Gasteiger partial charge in [0.1, 0.15) is 17.7 Å². The number of nitrogens with zero attached hydrogens (tertiary/aromatic N) is 4. The van der Waals surface area contributed by atoms with Crippen LogP contribution in [0.2, 0.25) is 0 Å². The van der Waals surface area contributed by atoms with Gasteiger partial charge in [-0.15, -0.1) is 0 Å². The van der Waals surface area contributed by atoms with Gasteiger partial charge in [-0.05, 0) is 96.7 Å². The fourth-order valence-electron chi connectivity index (χ4n) is 8.76. The van der Waals surface area contributed by atoms with E-state index in [4.69, 9.17) is 14.7 Å². The van der Waals surface area contributed by atoms with Gasteiger partial charge in [-0.2, -0.15) is 0 Å². The van der Waals surface area contributed by atoms with Crippen molar-refractivity contribution in [2.24, 2.45) is 22.7 Å². The summed E-state index contributed by atoms with van der Waals surface area (Å²) in [6.07, 6.45) is 7.47. The number of nitrogens with one attached hydrogen (secondary N) is 3. The van der Waals surface area contributed by atoms with Crippen LogP contribution in [0.1, 0.15) is 106 Å². The van der Waals surface area contributed by atoms with Gasteiger partial charge in [0.05, 0.1) is 42.1 Å². The first-order valence-electron chi connectivity index (χ1n) is 20.2. The predicted molar refractivity (Wildman–Crippen MR) is 216 cm³/mol. The van der Waals surface area contributed by atoms with Gasteiger partial charge in [-0.3, -0.25) is 9.59 Å². The molecule has 0 bridgehead atoms. The third-order valence-electron chi connectivity index (χ3n) is 13.0. The van der Waals surface area contributed by atoms with E-state index < -0.39 is 12.1 Å². The monoisotopic (exact) mass is 763 g/mol. The lowest BCUT2D eigenvalue weighted by Gasteiger charge is -2.28. The normalized spacial score (nSPS) is 21.1. The lowest BCUT2D eigenvalue weighted by atomic mass is 9.96. The fraction of sp³-hybridized carbons (Fsp3) is 0.413. The van der Waals surface area contributed by atoms with Gasteiger partial charge in [-0.1, -0.05) is 75.1 Å². The molecule has 3 amide bonds. The van der Waals surface area contributed by atoms with Crippen molar-refractivity contribution in [2.45, 2.75) is 77.4 Å². The van der Waals surface area contributed by atoms with Gasteiger partial charge in [0.2, 0.25) is 5.91 Å². The van der Waals surface area contributed by atoms with Crippen LogP contribution in [0.15, 0.2) is 79.0 Å². The number of alkyl carbamates (subject to hydrolysis) is 1. The van der Waals surface area contributed by atoms with Gasteiger partial charge >= 0.3 is 6.09 Å². The summed E-state index contributed by atoms with van der Waals surface area (Å²) in [6.45, 7) is 7.73. The summed E-state index contributed by atoms with van der Waals surface area (Å²) in [5.41, 5.74) is 6.44. The van der Waals surface area contributed by atoms with Crippen molar-refractivity contribution in [2.75, 3.05) is 20.2 Å². The third kappa shape index (κ3) is 7.18. The number of hydrogen-bond donors (Lipinski definition) is 3. The van der Waals surface area contributed by atoms with Crippen molar-refractivity contribution < 1.29 is 19.1 Å². The number of hydrogen-bond acceptors (Lipinski definition) is 6. The Morgan fingerprint density at radius 2 is 1.44 bits per heavy atom. The Balaban J connectivity index is 0.898. The molecule has 4 atom stereocenters. The van der Waals surface area contributed by atoms with Crippen molar-refractivity contribution in [3.8, 4) is 23.1 Å². The smallest absolute Gasteiger partial charge is 0.407 e. The Labute approximate surface area is 333 Å². The molecule has 2 saturated carbocycles. The Morgan fingerprint density at radius 3 is 2.09 bits per heavy atom. The molecule has 57 heavy (non-hydrogen) atoms. The molecule has 11 nitrogen and oxygen atoms in total. The van der Waals surface area contributed by atoms with Gasteiger partial charge in [0, 0.05) is 30.1 Å². The molecule has 2 spiro atoms. The van der Waals surface area contributed by atoms with Gasteiger partial charge in [-0.25, -0.2) is 14.8 Å². The largest absolute Gasteiger partial charge is 0.453 e. The second-order valence-electron chi connectivity index (χ2n) is 17.2. The van der Waals surface area contributed by atoms with Crippen molar-refractivity contribution in [3.63, 3.8) is 0 Å². The second kappa shape index (κ2) is 14.2. The molecule has 2 aliphatic heterocycles. The molecule has 0 unspecified atom stereocenters. The highest BCUT2D eigenvalue weighted by atomic mass is 16.5. The maximum atomic E-state index is 14.2. The van der Waals surface area contributed by atoms with Crippen molar-refractivity contribution in [3.05, 3.63) is 107 Å². The molecule has 9 rings (SSSR count). The lowest BCUT2D eigenvalue weighted by molar-refractivity contribution is -0.137. The Kier molecular flexibility index (Phi) is 9.18. The van der Waals surface area contributed by atoms with E-state index in [1.807, 2.05) is 90.8 Å². The number of amides is 3. The van der Waals surface area contributed by atoms with E-state index in [2.05, 4.69) is 45.9 Å². The average Bonchev–Trinajstić information content (AvgIpc) is 3.84. The van der Waals surface area contributed by atoms with Crippen molar-refractivity contribution in [1.29, 1.82) is 0 Å². The Morgan fingerprint density at radius 1 is 0.807 bits per heavy atom. The first-order valence-corrected chi connectivity index (χ1v) is 20.2. The molecule has 0 radical (unpaired) electrons. The zero-order valence-electron chi connectivity index (χ0n) is 33.0. The molecule has 4 aliphatic rings. The summed E-state index contributed by atoms with van der Waals surface area (Å²) in [6, 6.07) is 22.2. The summed E-state index contributed by atoms with van der Waals surface area (Å²) in [7, 11) is 1.30. The van der Waals surface area contributed by atoms with Crippen LogP contribution in [-0.2, 0) is 14.3 Å². The number of H-pyrrole nitrogens is 2. The summed E-state index contributed by atoms with van der Waals surface area (Å²) in [5, 5.41) is 2.76. The topological polar surface area (TPSA) is 136 Å². The highest BCUT2D eigenvalue weighted by molar-refractivity contribution is 5.87. The number of rotatable bonds is 8. The van der Waals surface area contributed by atoms with Crippen LogP contribution >= 0.6 is 0 Å². The molecule has 2 aliphatic carbocycles. The number of likely N-dealkylation sites (tertiary alicyclic amines) is 2. The van der Waals surface area contributed by atoms with E-state index in [0.29, 0.717) is 18.0 Å². The number of imidazole rings is 2. The summed E-state index contributed by atoms with van der Waals surface area (Å²) >= 11 is 0. The molecular formula is C46H49N7O4. The molecule has 2 aromatic heterocycles. The highest BCUT2D eigenvalue weighted by Crippen LogP contribution is 2.59. The van der Waals surface area contributed by atoms with Crippen molar-refractivity contribution in [1.82, 2.24) is 35.1 Å². The SMILES string of the molecule is COC(=O)N[C@@H](C(=O)N1CC2(CC2)C[C@H]1c1ncc(-c2ccc(C#Cc3ccc4nc([C@@H]5CC6(CC6)CN5C(=O)[C@@H](C)C(C)C)[nH]c4c3)cc2)[nH]1)c1ccccc1. The van der Waals surface area contributed by atoms with Gasteiger partial charge in [0.15, 0.2) is 0 Å². The van der Waals surface area contributed by atoms with E-state index in [9.17, 15) is 14.4 Å². The minimum atomic E-state index is -0.870. The number of carbonyl (C=O) groups excluding carboxylic acids is 3. The van der Waals surface area contributed by atoms with Crippen LogP contribution in [0.3, 0.4) is 0 Å². The average molecular weight is 764 g/mol. The third-order valence-corrected chi connectivity index (χ3v) is 13.0.